The summed E-state index contributed by atoms with van der Waals surface area (Å²) < 4.78 is 38.3. The molecule has 0 aliphatic carbocycles. The number of rotatable bonds is 4. The standard InChI is InChI=1S/C12H15BrF3N/c1-3-4-11(17-2)8-5-6-10(13)9(7-8)12(14,15)16/h5-7,11,17H,3-4H2,1-2H3. The van der Waals surface area contributed by atoms with Gasteiger partial charge >= 0.3 is 6.18 Å². The van der Waals surface area contributed by atoms with Gasteiger partial charge < -0.3 is 5.32 Å². The third-order valence-electron chi connectivity index (χ3n) is 2.62. The summed E-state index contributed by atoms with van der Waals surface area (Å²) in [5.41, 5.74) is 0.0521. The quantitative estimate of drug-likeness (QED) is 0.861. The van der Waals surface area contributed by atoms with Crippen LogP contribution in [0.3, 0.4) is 0 Å². The van der Waals surface area contributed by atoms with Crippen molar-refractivity contribution in [3.05, 3.63) is 33.8 Å². The predicted octanol–water partition coefficient (Wildman–Crippen LogP) is 4.53. The van der Waals surface area contributed by atoms with Crippen LogP contribution in [-0.2, 0) is 6.18 Å². The molecule has 0 spiro atoms. The Morgan fingerprint density at radius 2 is 2.00 bits per heavy atom. The minimum atomic E-state index is -4.32. The van der Waals surface area contributed by atoms with Crippen molar-refractivity contribution in [3.63, 3.8) is 0 Å². The summed E-state index contributed by atoms with van der Waals surface area (Å²) >= 11 is 2.94. The fraction of sp³-hybridized carbons (Fsp3) is 0.500. The van der Waals surface area contributed by atoms with Gasteiger partial charge in [0.2, 0.25) is 0 Å². The molecule has 0 heterocycles. The summed E-state index contributed by atoms with van der Waals surface area (Å²) in [6, 6.07) is 4.35. The molecule has 1 aromatic carbocycles. The van der Waals surface area contributed by atoms with Crippen LogP contribution in [0.4, 0.5) is 13.2 Å². The lowest BCUT2D eigenvalue weighted by atomic mass is 10.0. The van der Waals surface area contributed by atoms with Crippen LogP contribution in [0.2, 0.25) is 0 Å². The van der Waals surface area contributed by atoms with E-state index in [1.165, 1.54) is 12.1 Å². The van der Waals surface area contributed by atoms with Gasteiger partial charge in [-0.1, -0.05) is 35.3 Å². The molecular weight excluding hydrogens is 295 g/mol. The number of hydrogen-bond donors (Lipinski definition) is 1. The highest BCUT2D eigenvalue weighted by Crippen LogP contribution is 2.36. The molecule has 1 atom stereocenters. The van der Waals surface area contributed by atoms with Crippen molar-refractivity contribution in [2.24, 2.45) is 0 Å². The van der Waals surface area contributed by atoms with Crippen LogP contribution in [0.5, 0.6) is 0 Å². The minimum absolute atomic E-state index is 0.0331. The maximum atomic E-state index is 12.7. The fourth-order valence-corrected chi connectivity index (χ4v) is 2.21. The monoisotopic (exact) mass is 309 g/mol. The number of hydrogen-bond acceptors (Lipinski definition) is 1. The molecule has 1 nitrogen and oxygen atoms in total. The van der Waals surface area contributed by atoms with Gasteiger partial charge in [0.15, 0.2) is 0 Å². The average molecular weight is 310 g/mol. The summed E-state index contributed by atoms with van der Waals surface area (Å²) in [5, 5.41) is 3.03. The zero-order valence-electron chi connectivity index (χ0n) is 9.74. The summed E-state index contributed by atoms with van der Waals surface area (Å²) in [6.45, 7) is 2.01. The summed E-state index contributed by atoms with van der Waals surface area (Å²) in [6.07, 6.45) is -2.59. The van der Waals surface area contributed by atoms with Crippen LogP contribution in [0, 0.1) is 0 Å². The molecule has 0 aliphatic heterocycles. The van der Waals surface area contributed by atoms with Gasteiger partial charge in [0, 0.05) is 10.5 Å². The van der Waals surface area contributed by atoms with Gasteiger partial charge in [0.05, 0.1) is 5.56 Å². The zero-order valence-corrected chi connectivity index (χ0v) is 11.3. The molecule has 0 fully saturated rings. The second-order valence-electron chi connectivity index (χ2n) is 3.87. The van der Waals surface area contributed by atoms with Gasteiger partial charge in [0.1, 0.15) is 0 Å². The van der Waals surface area contributed by atoms with E-state index in [-0.39, 0.29) is 10.5 Å². The summed E-state index contributed by atoms with van der Waals surface area (Å²) in [5.74, 6) is 0. The fourth-order valence-electron chi connectivity index (χ4n) is 1.74. The number of benzene rings is 1. The van der Waals surface area contributed by atoms with E-state index in [2.05, 4.69) is 21.2 Å². The average Bonchev–Trinajstić information content (AvgIpc) is 2.25. The Morgan fingerprint density at radius 1 is 1.35 bits per heavy atom. The van der Waals surface area contributed by atoms with E-state index < -0.39 is 11.7 Å². The van der Waals surface area contributed by atoms with Crippen molar-refractivity contribution in [3.8, 4) is 0 Å². The lowest BCUT2D eigenvalue weighted by Crippen LogP contribution is -2.17. The van der Waals surface area contributed by atoms with E-state index in [9.17, 15) is 13.2 Å². The Morgan fingerprint density at radius 3 is 2.47 bits per heavy atom. The molecule has 1 N–H and O–H groups in total. The summed E-state index contributed by atoms with van der Waals surface area (Å²) in [7, 11) is 1.76. The highest BCUT2D eigenvalue weighted by molar-refractivity contribution is 9.10. The van der Waals surface area contributed by atoms with E-state index in [4.69, 9.17) is 0 Å². The Balaban J connectivity index is 3.11. The van der Waals surface area contributed by atoms with E-state index in [1.54, 1.807) is 13.1 Å². The minimum Gasteiger partial charge on any atom is -0.313 e. The number of alkyl halides is 3. The van der Waals surface area contributed by atoms with Crippen molar-refractivity contribution in [1.29, 1.82) is 0 Å². The molecule has 5 heteroatoms. The van der Waals surface area contributed by atoms with Crippen LogP contribution in [0.1, 0.15) is 36.9 Å². The van der Waals surface area contributed by atoms with Crippen molar-refractivity contribution >= 4 is 15.9 Å². The first-order valence-corrected chi connectivity index (χ1v) is 6.23. The van der Waals surface area contributed by atoms with Gasteiger partial charge in [-0.2, -0.15) is 13.2 Å². The van der Waals surface area contributed by atoms with Gasteiger partial charge in [0.25, 0.3) is 0 Å². The first-order chi connectivity index (χ1) is 7.90. The topological polar surface area (TPSA) is 12.0 Å². The zero-order chi connectivity index (χ0) is 13.1. The number of nitrogens with one attached hydrogen (secondary N) is 1. The Hall–Kier alpha value is -0.550. The smallest absolute Gasteiger partial charge is 0.313 e. The second-order valence-corrected chi connectivity index (χ2v) is 4.72. The van der Waals surface area contributed by atoms with E-state index >= 15 is 0 Å². The van der Waals surface area contributed by atoms with Crippen LogP contribution in [-0.4, -0.2) is 7.05 Å². The highest BCUT2D eigenvalue weighted by Gasteiger charge is 2.33. The molecule has 0 saturated heterocycles. The SMILES string of the molecule is CCCC(NC)c1ccc(Br)c(C(F)(F)F)c1. The Labute approximate surface area is 108 Å². The van der Waals surface area contributed by atoms with Crippen LogP contribution >= 0.6 is 15.9 Å². The molecular formula is C12H15BrF3N. The molecule has 1 rings (SSSR count). The molecule has 17 heavy (non-hydrogen) atoms. The van der Waals surface area contributed by atoms with Gasteiger partial charge in [-0.25, -0.2) is 0 Å². The van der Waals surface area contributed by atoms with E-state index in [1.807, 2.05) is 6.92 Å². The number of halogens is 4. The second kappa shape index (κ2) is 5.87. The van der Waals surface area contributed by atoms with Crippen molar-refractivity contribution < 1.29 is 13.2 Å². The maximum Gasteiger partial charge on any atom is 0.417 e. The van der Waals surface area contributed by atoms with Crippen LogP contribution in [0.25, 0.3) is 0 Å². The van der Waals surface area contributed by atoms with Crippen molar-refractivity contribution in [2.45, 2.75) is 32.0 Å². The summed E-state index contributed by atoms with van der Waals surface area (Å²) in [4.78, 5) is 0. The first kappa shape index (κ1) is 14.5. The van der Waals surface area contributed by atoms with E-state index in [0.717, 1.165) is 12.8 Å². The molecule has 0 aliphatic rings. The van der Waals surface area contributed by atoms with Crippen LogP contribution < -0.4 is 5.32 Å². The molecule has 0 radical (unpaired) electrons. The largest absolute Gasteiger partial charge is 0.417 e. The lowest BCUT2D eigenvalue weighted by Gasteiger charge is -2.18. The van der Waals surface area contributed by atoms with Crippen molar-refractivity contribution in [1.82, 2.24) is 5.32 Å². The highest BCUT2D eigenvalue weighted by atomic mass is 79.9. The molecule has 96 valence electrons. The third-order valence-corrected chi connectivity index (χ3v) is 3.32. The normalized spacial score (nSPS) is 13.8. The van der Waals surface area contributed by atoms with Crippen LogP contribution in [0.15, 0.2) is 22.7 Å². The molecule has 0 bridgehead atoms. The molecule has 0 aromatic heterocycles. The molecule has 1 unspecified atom stereocenters. The lowest BCUT2D eigenvalue weighted by molar-refractivity contribution is -0.138. The maximum absolute atomic E-state index is 12.7. The van der Waals surface area contributed by atoms with Gasteiger partial charge in [-0.15, -0.1) is 0 Å². The third kappa shape index (κ3) is 3.71. The van der Waals surface area contributed by atoms with E-state index in [0.29, 0.717) is 5.56 Å². The molecule has 0 saturated carbocycles. The molecule has 0 amide bonds. The Kier molecular flexibility index (Phi) is 5.01. The van der Waals surface area contributed by atoms with Gasteiger partial charge in [-0.05, 0) is 31.2 Å². The van der Waals surface area contributed by atoms with Crippen molar-refractivity contribution in [2.75, 3.05) is 7.05 Å². The predicted molar refractivity (Wildman–Crippen MR) is 65.9 cm³/mol. The van der Waals surface area contributed by atoms with Gasteiger partial charge in [-0.3, -0.25) is 0 Å². The Bertz CT molecular complexity index is 377. The first-order valence-electron chi connectivity index (χ1n) is 5.44. The molecule has 1 aromatic rings.